The van der Waals surface area contributed by atoms with E-state index >= 15 is 0 Å². The molecule has 2 N–H and O–H groups in total. The van der Waals surface area contributed by atoms with Crippen LogP contribution in [0.5, 0.6) is 0 Å². The van der Waals surface area contributed by atoms with Crippen molar-refractivity contribution < 1.29 is 0 Å². The zero-order valence-electron chi connectivity index (χ0n) is 21.6. The molecule has 0 spiro atoms. The molecule has 0 radical (unpaired) electrons. The van der Waals surface area contributed by atoms with Crippen LogP contribution in [0.2, 0.25) is 0 Å². The number of nitrogens with one attached hydrogen (secondary N) is 2. The molecule has 0 aliphatic carbocycles. The molecule has 1 aliphatic rings. The van der Waals surface area contributed by atoms with E-state index in [0.717, 1.165) is 45.7 Å². The third-order valence-corrected chi connectivity index (χ3v) is 8.00. The standard InChI is InChI=1S/C30H32N6S/c1-19(2)37-18-20(3)23-7-6-8-26-24(23)14-28(32-26)30-29-27(34-35-30)10-9-25(33-29)22-13-21(15-31-16-22)17-36-11-4-5-12-36/h6-10,13-16,18-19,32H,4-5,11-12,17H2,1-3H3,(H,34,35)/b20-18+. The summed E-state index contributed by atoms with van der Waals surface area (Å²) in [6.45, 7) is 9.90. The number of H-pyrrole nitrogens is 2. The van der Waals surface area contributed by atoms with Gasteiger partial charge < -0.3 is 4.98 Å². The minimum absolute atomic E-state index is 0.558. The van der Waals surface area contributed by atoms with Crippen LogP contribution in [0.3, 0.4) is 0 Å². The number of likely N-dealkylation sites (tertiary alicyclic amines) is 1. The fourth-order valence-corrected chi connectivity index (χ4v) is 5.69. The van der Waals surface area contributed by atoms with E-state index in [1.807, 2.05) is 30.2 Å². The van der Waals surface area contributed by atoms with Gasteiger partial charge in [0.05, 0.1) is 16.9 Å². The van der Waals surface area contributed by atoms with Gasteiger partial charge in [0.2, 0.25) is 0 Å². The molecule has 6 nitrogen and oxygen atoms in total. The van der Waals surface area contributed by atoms with Gasteiger partial charge in [0.1, 0.15) is 11.2 Å². The van der Waals surface area contributed by atoms with Crippen molar-refractivity contribution >= 4 is 39.3 Å². The number of hydrogen-bond acceptors (Lipinski definition) is 5. The van der Waals surface area contributed by atoms with Crippen molar-refractivity contribution in [2.75, 3.05) is 13.1 Å². The molecular formula is C30H32N6S. The van der Waals surface area contributed by atoms with Crippen molar-refractivity contribution in [1.29, 1.82) is 0 Å². The normalized spacial score (nSPS) is 15.0. The number of fused-ring (bicyclic) bond motifs is 2. The van der Waals surface area contributed by atoms with Crippen molar-refractivity contribution in [2.45, 2.75) is 45.4 Å². The maximum atomic E-state index is 5.05. The summed E-state index contributed by atoms with van der Waals surface area (Å²) in [7, 11) is 0. The van der Waals surface area contributed by atoms with E-state index in [-0.39, 0.29) is 0 Å². The minimum atomic E-state index is 0.558. The monoisotopic (exact) mass is 508 g/mol. The summed E-state index contributed by atoms with van der Waals surface area (Å²) in [6.07, 6.45) is 6.45. The second-order valence-corrected chi connectivity index (χ2v) is 11.6. The van der Waals surface area contributed by atoms with Gasteiger partial charge in [-0.3, -0.25) is 15.0 Å². The zero-order chi connectivity index (χ0) is 25.4. The molecule has 4 aromatic heterocycles. The number of benzene rings is 1. The fraction of sp³-hybridized carbons (Fsp3) is 0.300. The lowest BCUT2D eigenvalue weighted by Gasteiger charge is -2.14. The van der Waals surface area contributed by atoms with Crippen LogP contribution in [-0.4, -0.2) is 48.4 Å². The number of hydrogen-bond donors (Lipinski definition) is 2. The second kappa shape index (κ2) is 10.1. The van der Waals surface area contributed by atoms with Crippen molar-refractivity contribution in [3.05, 3.63) is 71.4 Å². The molecule has 1 aliphatic heterocycles. The maximum absolute atomic E-state index is 5.05. The third kappa shape index (κ3) is 4.93. The van der Waals surface area contributed by atoms with Crippen molar-refractivity contribution in [1.82, 2.24) is 30.0 Å². The SMILES string of the molecule is C/C(=C\SC(C)C)c1cccc2[nH]c(-c3n[nH]c4ccc(-c5cncc(CN6CCCC6)c5)nc34)cc12. The van der Waals surface area contributed by atoms with E-state index in [9.17, 15) is 0 Å². The van der Waals surface area contributed by atoms with E-state index in [1.54, 1.807) is 0 Å². The number of aromatic amines is 2. The smallest absolute Gasteiger partial charge is 0.135 e. The predicted octanol–water partition coefficient (Wildman–Crippen LogP) is 7.27. The molecule has 188 valence electrons. The van der Waals surface area contributed by atoms with E-state index in [0.29, 0.717) is 5.25 Å². The molecule has 0 atom stereocenters. The van der Waals surface area contributed by atoms with E-state index in [2.05, 4.69) is 87.6 Å². The Kier molecular flexibility index (Phi) is 6.57. The first-order valence-corrected chi connectivity index (χ1v) is 14.0. The summed E-state index contributed by atoms with van der Waals surface area (Å²) in [5.74, 6) is 0. The average molecular weight is 509 g/mol. The van der Waals surface area contributed by atoms with Crippen LogP contribution in [0, 0.1) is 0 Å². The van der Waals surface area contributed by atoms with Gasteiger partial charge in [-0.1, -0.05) is 26.0 Å². The molecule has 0 amide bonds. The minimum Gasteiger partial charge on any atom is -0.353 e. The molecule has 7 heteroatoms. The van der Waals surface area contributed by atoms with Gasteiger partial charge in [0.15, 0.2) is 0 Å². The summed E-state index contributed by atoms with van der Waals surface area (Å²) in [4.78, 5) is 15.7. The summed E-state index contributed by atoms with van der Waals surface area (Å²) in [6, 6.07) is 14.9. The fourth-order valence-electron chi connectivity index (χ4n) is 5.09. The number of nitrogens with zero attached hydrogens (tertiary/aromatic N) is 4. The zero-order valence-corrected chi connectivity index (χ0v) is 22.4. The van der Waals surface area contributed by atoms with Crippen LogP contribution >= 0.6 is 11.8 Å². The van der Waals surface area contributed by atoms with E-state index in [1.165, 1.54) is 48.0 Å². The Morgan fingerprint density at radius 3 is 2.78 bits per heavy atom. The molecule has 1 saturated heterocycles. The summed E-state index contributed by atoms with van der Waals surface area (Å²) >= 11 is 1.85. The predicted molar refractivity (Wildman–Crippen MR) is 155 cm³/mol. The summed E-state index contributed by atoms with van der Waals surface area (Å²) in [5.41, 5.74) is 10.4. The summed E-state index contributed by atoms with van der Waals surface area (Å²) < 4.78 is 0. The molecule has 0 bridgehead atoms. The van der Waals surface area contributed by atoms with Crippen LogP contribution in [0.4, 0.5) is 0 Å². The largest absolute Gasteiger partial charge is 0.353 e. The molecule has 5 heterocycles. The third-order valence-electron chi connectivity index (χ3n) is 6.96. The Morgan fingerprint density at radius 1 is 1.08 bits per heavy atom. The lowest BCUT2D eigenvalue weighted by Crippen LogP contribution is -2.18. The first-order chi connectivity index (χ1) is 18.0. The average Bonchev–Trinajstić information content (AvgIpc) is 3.66. The molecule has 0 unspecified atom stereocenters. The number of pyridine rings is 2. The Balaban J connectivity index is 1.36. The van der Waals surface area contributed by atoms with Crippen LogP contribution < -0.4 is 0 Å². The molecular weight excluding hydrogens is 476 g/mol. The number of allylic oxidation sites excluding steroid dienone is 1. The second-order valence-electron chi connectivity index (χ2n) is 10.2. The van der Waals surface area contributed by atoms with E-state index in [4.69, 9.17) is 4.98 Å². The lowest BCUT2D eigenvalue weighted by atomic mass is 10.0. The van der Waals surface area contributed by atoms with Gasteiger partial charge in [-0.2, -0.15) is 5.10 Å². The van der Waals surface area contributed by atoms with Crippen LogP contribution in [0.1, 0.15) is 44.7 Å². The number of rotatable bonds is 7. The van der Waals surface area contributed by atoms with Crippen molar-refractivity contribution in [3.8, 4) is 22.6 Å². The first-order valence-electron chi connectivity index (χ1n) is 13.0. The highest BCUT2D eigenvalue weighted by atomic mass is 32.2. The molecule has 37 heavy (non-hydrogen) atoms. The Hall–Kier alpha value is -3.42. The molecule has 5 aromatic rings. The molecule has 0 saturated carbocycles. The highest BCUT2D eigenvalue weighted by Gasteiger charge is 2.16. The topological polar surface area (TPSA) is 73.5 Å². The van der Waals surface area contributed by atoms with Gasteiger partial charge in [-0.05, 0) is 85.3 Å². The van der Waals surface area contributed by atoms with Gasteiger partial charge in [0, 0.05) is 40.7 Å². The molecule has 1 fully saturated rings. The van der Waals surface area contributed by atoms with E-state index < -0.39 is 0 Å². The highest BCUT2D eigenvalue weighted by Crippen LogP contribution is 2.33. The number of thioether (sulfide) groups is 1. The maximum Gasteiger partial charge on any atom is 0.135 e. The lowest BCUT2D eigenvalue weighted by molar-refractivity contribution is 0.331. The Morgan fingerprint density at radius 2 is 1.95 bits per heavy atom. The molecule has 1 aromatic carbocycles. The van der Waals surface area contributed by atoms with Crippen molar-refractivity contribution in [3.63, 3.8) is 0 Å². The van der Waals surface area contributed by atoms with Crippen molar-refractivity contribution in [2.24, 2.45) is 0 Å². The van der Waals surface area contributed by atoms with Crippen LogP contribution in [0.15, 0.2) is 60.3 Å². The van der Waals surface area contributed by atoms with Gasteiger partial charge in [0.25, 0.3) is 0 Å². The highest BCUT2D eigenvalue weighted by molar-refractivity contribution is 8.02. The van der Waals surface area contributed by atoms with Gasteiger partial charge in [-0.15, -0.1) is 11.8 Å². The van der Waals surface area contributed by atoms with Gasteiger partial charge >= 0.3 is 0 Å². The van der Waals surface area contributed by atoms with Gasteiger partial charge in [-0.25, -0.2) is 4.98 Å². The molecule has 6 rings (SSSR count). The van der Waals surface area contributed by atoms with Crippen LogP contribution in [0.25, 0.3) is 50.2 Å². The Labute approximate surface area is 221 Å². The first kappa shape index (κ1) is 23.9. The Bertz CT molecular complexity index is 1590. The number of aromatic nitrogens is 5. The summed E-state index contributed by atoms with van der Waals surface area (Å²) in [5, 5.41) is 11.8. The quantitative estimate of drug-likeness (QED) is 0.242. The van der Waals surface area contributed by atoms with Crippen LogP contribution in [-0.2, 0) is 6.54 Å².